The SMILES string of the molecule is COCCC(C)C(=O)Cc1nc(C)cs1. The molecule has 0 amide bonds. The van der Waals surface area contributed by atoms with Crippen molar-refractivity contribution in [1.82, 2.24) is 4.98 Å². The molecule has 0 aliphatic heterocycles. The van der Waals surface area contributed by atoms with Gasteiger partial charge in [-0.1, -0.05) is 6.92 Å². The van der Waals surface area contributed by atoms with E-state index in [9.17, 15) is 4.79 Å². The van der Waals surface area contributed by atoms with Gasteiger partial charge in [0.2, 0.25) is 0 Å². The first-order chi connectivity index (χ1) is 7.13. The minimum absolute atomic E-state index is 0.0640. The zero-order chi connectivity index (χ0) is 11.3. The molecule has 1 aromatic rings. The molecule has 0 fully saturated rings. The summed E-state index contributed by atoms with van der Waals surface area (Å²) in [6, 6.07) is 0. The first-order valence-electron chi connectivity index (χ1n) is 5.06. The number of Topliss-reactive ketones (excluding diaryl/α,β-unsaturated/α-hetero) is 1. The molecule has 15 heavy (non-hydrogen) atoms. The number of aromatic nitrogens is 1. The van der Waals surface area contributed by atoms with Crippen LogP contribution in [0.2, 0.25) is 0 Å². The quantitative estimate of drug-likeness (QED) is 0.748. The Kier molecular flexibility index (Phi) is 4.91. The molecule has 0 saturated heterocycles. The Labute approximate surface area is 94.5 Å². The van der Waals surface area contributed by atoms with Crippen LogP contribution in [0.3, 0.4) is 0 Å². The summed E-state index contributed by atoms with van der Waals surface area (Å²) in [6.07, 6.45) is 1.25. The third-order valence-electron chi connectivity index (χ3n) is 2.30. The molecule has 0 bridgehead atoms. The highest BCUT2D eigenvalue weighted by Crippen LogP contribution is 2.13. The Morgan fingerprint density at radius 1 is 1.67 bits per heavy atom. The first kappa shape index (κ1) is 12.3. The molecule has 0 radical (unpaired) electrons. The van der Waals surface area contributed by atoms with Gasteiger partial charge in [0.05, 0.1) is 6.42 Å². The predicted octanol–water partition coefficient (Wildman–Crippen LogP) is 2.24. The molecule has 84 valence electrons. The Morgan fingerprint density at radius 2 is 2.40 bits per heavy atom. The summed E-state index contributed by atoms with van der Waals surface area (Å²) in [6.45, 7) is 4.53. The average Bonchev–Trinajstić information content (AvgIpc) is 2.60. The van der Waals surface area contributed by atoms with Crippen LogP contribution < -0.4 is 0 Å². The standard InChI is InChI=1S/C11H17NO2S/c1-8(4-5-14-3)10(13)6-11-12-9(2)7-15-11/h7-8H,4-6H2,1-3H3. The van der Waals surface area contributed by atoms with Gasteiger partial charge in [0, 0.05) is 30.7 Å². The van der Waals surface area contributed by atoms with E-state index in [0.29, 0.717) is 13.0 Å². The number of carbonyl (C=O) groups excluding carboxylic acids is 1. The van der Waals surface area contributed by atoms with E-state index in [1.54, 1.807) is 18.4 Å². The second-order valence-electron chi connectivity index (χ2n) is 3.71. The van der Waals surface area contributed by atoms with Gasteiger partial charge in [0.25, 0.3) is 0 Å². The highest BCUT2D eigenvalue weighted by molar-refractivity contribution is 7.09. The van der Waals surface area contributed by atoms with Crippen molar-refractivity contribution in [1.29, 1.82) is 0 Å². The van der Waals surface area contributed by atoms with Crippen molar-refractivity contribution >= 4 is 17.1 Å². The van der Waals surface area contributed by atoms with Crippen molar-refractivity contribution in [2.45, 2.75) is 26.7 Å². The number of thiazole rings is 1. The van der Waals surface area contributed by atoms with Crippen molar-refractivity contribution in [2.24, 2.45) is 5.92 Å². The van der Waals surface area contributed by atoms with Crippen LogP contribution >= 0.6 is 11.3 Å². The van der Waals surface area contributed by atoms with Gasteiger partial charge in [-0.2, -0.15) is 0 Å². The van der Waals surface area contributed by atoms with Gasteiger partial charge >= 0.3 is 0 Å². The predicted molar refractivity (Wildman–Crippen MR) is 61.2 cm³/mol. The van der Waals surface area contributed by atoms with Crippen molar-refractivity contribution < 1.29 is 9.53 Å². The van der Waals surface area contributed by atoms with Crippen LogP contribution in [0, 0.1) is 12.8 Å². The number of hydrogen-bond donors (Lipinski definition) is 0. The lowest BCUT2D eigenvalue weighted by molar-refractivity contribution is -0.122. The maximum absolute atomic E-state index is 11.7. The maximum Gasteiger partial charge on any atom is 0.142 e. The fourth-order valence-electron chi connectivity index (χ4n) is 1.26. The second-order valence-corrected chi connectivity index (χ2v) is 4.65. The molecular weight excluding hydrogens is 210 g/mol. The fourth-order valence-corrected chi connectivity index (χ4v) is 2.04. The number of methoxy groups -OCH3 is 1. The molecular formula is C11H17NO2S. The van der Waals surface area contributed by atoms with Gasteiger partial charge in [0.1, 0.15) is 10.8 Å². The fraction of sp³-hybridized carbons (Fsp3) is 0.636. The maximum atomic E-state index is 11.7. The van der Waals surface area contributed by atoms with E-state index in [0.717, 1.165) is 17.1 Å². The summed E-state index contributed by atoms with van der Waals surface area (Å²) in [5, 5.41) is 2.89. The normalized spacial score (nSPS) is 12.7. The van der Waals surface area contributed by atoms with Crippen LogP contribution in [0.1, 0.15) is 24.0 Å². The smallest absolute Gasteiger partial charge is 0.142 e. The molecule has 1 heterocycles. The lowest BCUT2D eigenvalue weighted by Gasteiger charge is -2.07. The van der Waals surface area contributed by atoms with Crippen molar-refractivity contribution in [3.8, 4) is 0 Å². The third kappa shape index (κ3) is 4.10. The van der Waals surface area contributed by atoms with E-state index in [1.165, 1.54) is 0 Å². The summed E-state index contributed by atoms with van der Waals surface area (Å²) in [5.41, 5.74) is 0.993. The van der Waals surface area contributed by atoms with Gasteiger partial charge in [-0.15, -0.1) is 11.3 Å². The minimum Gasteiger partial charge on any atom is -0.385 e. The van der Waals surface area contributed by atoms with Crippen LogP contribution in [0.4, 0.5) is 0 Å². The molecule has 4 heteroatoms. The topological polar surface area (TPSA) is 39.2 Å². The zero-order valence-electron chi connectivity index (χ0n) is 9.45. The van der Waals surface area contributed by atoms with Gasteiger partial charge in [0.15, 0.2) is 0 Å². The molecule has 0 aromatic carbocycles. The number of aryl methyl sites for hydroxylation is 1. The molecule has 0 aliphatic carbocycles. The number of nitrogens with zero attached hydrogens (tertiary/aromatic N) is 1. The van der Waals surface area contributed by atoms with Crippen molar-refractivity contribution in [3.05, 3.63) is 16.1 Å². The van der Waals surface area contributed by atoms with E-state index in [2.05, 4.69) is 4.98 Å². The molecule has 0 spiro atoms. The number of ether oxygens (including phenoxy) is 1. The Bertz CT molecular complexity index is 322. The summed E-state index contributed by atoms with van der Waals surface area (Å²) in [4.78, 5) is 16.0. The second kappa shape index (κ2) is 5.98. The highest BCUT2D eigenvalue weighted by atomic mass is 32.1. The largest absolute Gasteiger partial charge is 0.385 e. The zero-order valence-corrected chi connectivity index (χ0v) is 10.3. The third-order valence-corrected chi connectivity index (χ3v) is 3.26. The van der Waals surface area contributed by atoms with Crippen LogP contribution in [-0.4, -0.2) is 24.5 Å². The lowest BCUT2D eigenvalue weighted by Crippen LogP contribution is -2.15. The van der Waals surface area contributed by atoms with Gasteiger partial charge in [-0.25, -0.2) is 4.98 Å². The van der Waals surface area contributed by atoms with E-state index in [1.807, 2.05) is 19.2 Å². The molecule has 1 atom stereocenters. The van der Waals surface area contributed by atoms with E-state index in [4.69, 9.17) is 4.74 Å². The molecule has 0 N–H and O–H groups in total. The van der Waals surface area contributed by atoms with Crippen molar-refractivity contribution in [3.63, 3.8) is 0 Å². The summed E-state index contributed by atoms with van der Waals surface area (Å²) in [7, 11) is 1.65. The number of ketones is 1. The lowest BCUT2D eigenvalue weighted by atomic mass is 10.0. The van der Waals surface area contributed by atoms with Gasteiger partial charge in [-0.3, -0.25) is 4.79 Å². The average molecular weight is 227 g/mol. The Morgan fingerprint density at radius 3 is 2.93 bits per heavy atom. The molecule has 0 saturated carbocycles. The molecule has 1 rings (SSSR count). The first-order valence-corrected chi connectivity index (χ1v) is 5.94. The summed E-state index contributed by atoms with van der Waals surface area (Å²) >= 11 is 1.56. The van der Waals surface area contributed by atoms with Crippen molar-refractivity contribution in [2.75, 3.05) is 13.7 Å². The van der Waals surface area contributed by atoms with Crippen LogP contribution in [0.5, 0.6) is 0 Å². The molecule has 1 aromatic heterocycles. The summed E-state index contributed by atoms with van der Waals surface area (Å²) in [5.74, 6) is 0.315. The molecule has 0 aliphatic rings. The Hall–Kier alpha value is -0.740. The molecule has 1 unspecified atom stereocenters. The van der Waals surface area contributed by atoms with E-state index in [-0.39, 0.29) is 11.7 Å². The van der Waals surface area contributed by atoms with Crippen LogP contribution in [0.25, 0.3) is 0 Å². The highest BCUT2D eigenvalue weighted by Gasteiger charge is 2.14. The number of rotatable bonds is 6. The number of carbonyl (C=O) groups is 1. The Balaban J connectivity index is 2.41. The molecule has 3 nitrogen and oxygen atoms in total. The monoisotopic (exact) mass is 227 g/mol. The van der Waals surface area contributed by atoms with E-state index >= 15 is 0 Å². The number of hydrogen-bond acceptors (Lipinski definition) is 4. The minimum atomic E-state index is 0.0640. The summed E-state index contributed by atoms with van der Waals surface area (Å²) < 4.78 is 4.95. The van der Waals surface area contributed by atoms with Crippen LogP contribution in [-0.2, 0) is 16.0 Å². The van der Waals surface area contributed by atoms with Gasteiger partial charge < -0.3 is 4.74 Å². The van der Waals surface area contributed by atoms with E-state index < -0.39 is 0 Å². The van der Waals surface area contributed by atoms with Gasteiger partial charge in [-0.05, 0) is 13.3 Å². The van der Waals surface area contributed by atoms with Crippen LogP contribution in [0.15, 0.2) is 5.38 Å².